The van der Waals surface area contributed by atoms with Gasteiger partial charge in [-0.15, -0.1) is 0 Å². The zero-order chi connectivity index (χ0) is 21.0. The molecule has 6 nitrogen and oxygen atoms in total. The van der Waals surface area contributed by atoms with Crippen LogP contribution in [0.15, 0.2) is 46.9 Å². The number of piperazine rings is 1. The third kappa shape index (κ3) is 4.84. The average molecular weight is 469 g/mol. The summed E-state index contributed by atoms with van der Waals surface area (Å²) in [5, 5.41) is 0. The Morgan fingerprint density at radius 2 is 1.55 bits per heavy atom. The molecule has 1 aliphatic heterocycles. The van der Waals surface area contributed by atoms with Crippen molar-refractivity contribution >= 4 is 27.7 Å². The van der Waals surface area contributed by atoms with Crippen LogP contribution in [0.1, 0.15) is 20.7 Å². The minimum Gasteiger partial charge on any atom is -0.497 e. The molecule has 2 aromatic carbocycles. The van der Waals surface area contributed by atoms with Gasteiger partial charge in [-0.25, -0.2) is 0 Å². The number of carbonyl (C=O) groups excluding carboxylic acids is 2. The van der Waals surface area contributed by atoms with Crippen LogP contribution in [-0.2, 0) is 0 Å². The first-order valence-electron chi connectivity index (χ1n) is 8.86. The largest absolute Gasteiger partial charge is 0.497 e. The molecule has 0 N–H and O–H groups in total. The van der Waals surface area contributed by atoms with Crippen LogP contribution in [-0.4, -0.2) is 61.5 Å². The van der Waals surface area contributed by atoms with Crippen molar-refractivity contribution in [1.29, 1.82) is 0 Å². The van der Waals surface area contributed by atoms with Crippen molar-refractivity contribution in [2.24, 2.45) is 0 Å². The molecule has 3 rings (SSSR count). The van der Waals surface area contributed by atoms with Gasteiger partial charge >= 0.3 is 6.61 Å². The summed E-state index contributed by atoms with van der Waals surface area (Å²) in [7, 11) is 1.53. The van der Waals surface area contributed by atoms with Crippen molar-refractivity contribution in [3.63, 3.8) is 0 Å². The highest BCUT2D eigenvalue weighted by atomic mass is 79.9. The molecular formula is C20H19BrF2N2O4. The maximum atomic E-state index is 12.8. The number of nitrogens with zero attached hydrogens (tertiary/aromatic N) is 2. The molecule has 2 amide bonds. The number of rotatable bonds is 5. The van der Waals surface area contributed by atoms with Crippen LogP contribution in [0.2, 0.25) is 0 Å². The van der Waals surface area contributed by atoms with Crippen molar-refractivity contribution in [3.05, 3.63) is 58.1 Å². The third-order valence-electron chi connectivity index (χ3n) is 4.59. The van der Waals surface area contributed by atoms with E-state index in [1.54, 1.807) is 29.2 Å². The van der Waals surface area contributed by atoms with Gasteiger partial charge in [-0.3, -0.25) is 9.59 Å². The summed E-state index contributed by atoms with van der Waals surface area (Å²) in [4.78, 5) is 28.8. The first-order chi connectivity index (χ1) is 13.9. The molecule has 0 unspecified atom stereocenters. The number of alkyl halides is 2. The zero-order valence-corrected chi connectivity index (χ0v) is 17.2. The van der Waals surface area contributed by atoms with Gasteiger partial charge in [-0.1, -0.05) is 12.1 Å². The lowest BCUT2D eigenvalue weighted by Crippen LogP contribution is -2.50. The summed E-state index contributed by atoms with van der Waals surface area (Å²) in [6.45, 7) is -1.79. The molecule has 29 heavy (non-hydrogen) atoms. The summed E-state index contributed by atoms with van der Waals surface area (Å²) in [6, 6.07) is 11.0. The molecule has 2 aromatic rings. The molecule has 1 fully saturated rings. The van der Waals surface area contributed by atoms with E-state index in [0.717, 1.165) is 0 Å². The minimum atomic E-state index is -3.01. The molecular weight excluding hydrogens is 450 g/mol. The summed E-state index contributed by atoms with van der Waals surface area (Å²) < 4.78 is 35.5. The third-order valence-corrected chi connectivity index (χ3v) is 5.28. The Labute approximate surface area is 175 Å². The van der Waals surface area contributed by atoms with Gasteiger partial charge in [0.1, 0.15) is 11.5 Å². The monoisotopic (exact) mass is 468 g/mol. The van der Waals surface area contributed by atoms with Crippen LogP contribution >= 0.6 is 15.9 Å². The minimum absolute atomic E-state index is 0.0723. The normalized spacial score (nSPS) is 14.1. The highest BCUT2D eigenvalue weighted by Crippen LogP contribution is 2.25. The SMILES string of the molecule is COc1ccc(Br)c(C(=O)N2CCN(C(=O)c3ccccc3OC(F)F)CC2)c1. The van der Waals surface area contributed by atoms with Gasteiger partial charge in [0.25, 0.3) is 11.8 Å². The maximum Gasteiger partial charge on any atom is 0.387 e. The smallest absolute Gasteiger partial charge is 0.387 e. The molecule has 0 aliphatic carbocycles. The van der Waals surface area contributed by atoms with Gasteiger partial charge in [-0.05, 0) is 46.3 Å². The van der Waals surface area contributed by atoms with Gasteiger partial charge in [0.15, 0.2) is 0 Å². The van der Waals surface area contributed by atoms with Crippen LogP contribution in [0.4, 0.5) is 8.78 Å². The number of para-hydroxylation sites is 1. The summed E-state index contributed by atoms with van der Waals surface area (Å²) in [5.74, 6) is -0.174. The van der Waals surface area contributed by atoms with Crippen molar-refractivity contribution in [2.45, 2.75) is 6.61 Å². The van der Waals surface area contributed by atoms with Gasteiger partial charge < -0.3 is 19.3 Å². The number of hydrogen-bond acceptors (Lipinski definition) is 4. The summed E-state index contributed by atoms with van der Waals surface area (Å²) >= 11 is 3.38. The predicted molar refractivity (Wildman–Crippen MR) is 106 cm³/mol. The molecule has 0 spiro atoms. The zero-order valence-electron chi connectivity index (χ0n) is 15.6. The van der Waals surface area contributed by atoms with Crippen LogP contribution in [0.25, 0.3) is 0 Å². The van der Waals surface area contributed by atoms with Gasteiger partial charge in [0.2, 0.25) is 0 Å². The average Bonchev–Trinajstić information content (AvgIpc) is 2.73. The Bertz CT molecular complexity index is 902. The van der Waals surface area contributed by atoms with Gasteiger partial charge in [0.05, 0.1) is 18.2 Å². The van der Waals surface area contributed by atoms with E-state index in [0.29, 0.717) is 28.9 Å². The molecule has 0 bridgehead atoms. The molecule has 0 atom stereocenters. The van der Waals surface area contributed by atoms with Crippen molar-refractivity contribution < 1.29 is 27.8 Å². The number of carbonyl (C=O) groups is 2. The second kappa shape index (κ2) is 9.21. The summed E-state index contributed by atoms with van der Waals surface area (Å²) in [6.07, 6.45) is 0. The fourth-order valence-electron chi connectivity index (χ4n) is 3.09. The number of amides is 2. The fraction of sp³-hybridized carbons (Fsp3) is 0.300. The van der Waals surface area contributed by atoms with Crippen molar-refractivity contribution in [2.75, 3.05) is 33.3 Å². The highest BCUT2D eigenvalue weighted by molar-refractivity contribution is 9.10. The van der Waals surface area contributed by atoms with Crippen molar-refractivity contribution in [3.8, 4) is 11.5 Å². The lowest BCUT2D eigenvalue weighted by Gasteiger charge is -2.35. The van der Waals surface area contributed by atoms with E-state index in [1.807, 2.05) is 0 Å². The Hall–Kier alpha value is -2.68. The standard InChI is InChI=1S/C20H19BrF2N2O4/c1-28-13-6-7-16(21)15(12-13)19(27)25-10-8-24(9-11-25)18(26)14-4-2-3-5-17(14)29-20(22)23/h2-7,12,20H,8-11H2,1H3. The lowest BCUT2D eigenvalue weighted by molar-refractivity contribution is -0.0503. The first-order valence-corrected chi connectivity index (χ1v) is 9.66. The maximum absolute atomic E-state index is 12.8. The Kier molecular flexibility index (Phi) is 6.68. The summed E-state index contributed by atoms with van der Waals surface area (Å²) in [5.41, 5.74) is 0.544. The van der Waals surface area contributed by atoms with Gasteiger partial charge in [0, 0.05) is 30.7 Å². The molecule has 154 valence electrons. The second-order valence-corrected chi connectivity index (χ2v) is 7.16. The predicted octanol–water partition coefficient (Wildman–Crippen LogP) is 3.66. The number of halogens is 3. The highest BCUT2D eigenvalue weighted by Gasteiger charge is 2.28. The molecule has 1 saturated heterocycles. The molecule has 0 aromatic heterocycles. The molecule has 9 heteroatoms. The Morgan fingerprint density at radius 1 is 0.966 bits per heavy atom. The topological polar surface area (TPSA) is 59.1 Å². The van der Waals surface area contributed by atoms with E-state index in [1.165, 1.54) is 30.2 Å². The van der Waals surface area contributed by atoms with Crippen LogP contribution in [0, 0.1) is 0 Å². The van der Waals surface area contributed by atoms with E-state index in [4.69, 9.17) is 4.74 Å². The molecule has 1 aliphatic rings. The number of benzene rings is 2. The molecule has 1 heterocycles. The van der Waals surface area contributed by atoms with E-state index >= 15 is 0 Å². The van der Waals surface area contributed by atoms with E-state index in [9.17, 15) is 18.4 Å². The van der Waals surface area contributed by atoms with E-state index in [2.05, 4.69) is 20.7 Å². The van der Waals surface area contributed by atoms with Crippen LogP contribution in [0.5, 0.6) is 11.5 Å². The van der Waals surface area contributed by atoms with E-state index in [-0.39, 0.29) is 30.3 Å². The number of ether oxygens (including phenoxy) is 2. The quantitative estimate of drug-likeness (QED) is 0.671. The van der Waals surface area contributed by atoms with Gasteiger partial charge in [-0.2, -0.15) is 8.78 Å². The van der Waals surface area contributed by atoms with E-state index < -0.39 is 12.5 Å². The molecule has 0 radical (unpaired) electrons. The van der Waals surface area contributed by atoms with Crippen LogP contribution in [0.3, 0.4) is 0 Å². The first kappa shape index (κ1) is 21.0. The lowest BCUT2D eigenvalue weighted by atomic mass is 10.1. The number of hydrogen-bond donors (Lipinski definition) is 0. The number of methoxy groups -OCH3 is 1. The second-order valence-electron chi connectivity index (χ2n) is 6.30. The Balaban J connectivity index is 1.68. The fourth-order valence-corrected chi connectivity index (χ4v) is 3.51. The van der Waals surface area contributed by atoms with Crippen LogP contribution < -0.4 is 9.47 Å². The Morgan fingerprint density at radius 3 is 2.14 bits per heavy atom. The van der Waals surface area contributed by atoms with Crippen molar-refractivity contribution in [1.82, 2.24) is 9.80 Å². The molecule has 0 saturated carbocycles.